The lowest BCUT2D eigenvalue weighted by Crippen LogP contribution is -2.18. The molecular formula is C17H16O3. The van der Waals surface area contributed by atoms with E-state index >= 15 is 0 Å². The SMILES string of the molecule is CC1C/C(=C\c2ccco2)C(=O)/C(=C/c2ccco2)C1. The van der Waals surface area contributed by atoms with E-state index in [-0.39, 0.29) is 5.78 Å². The average molecular weight is 268 g/mol. The number of carbonyl (C=O) groups is 1. The Morgan fingerprint density at radius 1 is 1.00 bits per heavy atom. The molecule has 1 aliphatic carbocycles. The second-order valence-electron chi connectivity index (χ2n) is 5.21. The largest absolute Gasteiger partial charge is 0.465 e. The molecule has 0 atom stereocenters. The minimum atomic E-state index is 0.0934. The summed E-state index contributed by atoms with van der Waals surface area (Å²) < 4.78 is 10.6. The number of carbonyl (C=O) groups excluding carboxylic acids is 1. The van der Waals surface area contributed by atoms with Crippen LogP contribution in [0.4, 0.5) is 0 Å². The van der Waals surface area contributed by atoms with Crippen LogP contribution in [0.15, 0.2) is 56.8 Å². The topological polar surface area (TPSA) is 43.4 Å². The molecule has 1 fully saturated rings. The molecule has 0 unspecified atom stereocenters. The van der Waals surface area contributed by atoms with Crippen molar-refractivity contribution < 1.29 is 13.6 Å². The smallest absolute Gasteiger partial charge is 0.185 e. The molecule has 0 aliphatic heterocycles. The molecular weight excluding hydrogens is 252 g/mol. The van der Waals surface area contributed by atoms with E-state index in [2.05, 4.69) is 6.92 Å². The molecule has 2 aromatic heterocycles. The summed E-state index contributed by atoms with van der Waals surface area (Å²) in [6.45, 7) is 2.15. The Hall–Kier alpha value is -2.29. The van der Waals surface area contributed by atoms with Crippen LogP contribution in [0.2, 0.25) is 0 Å². The van der Waals surface area contributed by atoms with Crippen LogP contribution in [0.25, 0.3) is 12.2 Å². The summed E-state index contributed by atoms with van der Waals surface area (Å²) in [6, 6.07) is 7.36. The van der Waals surface area contributed by atoms with Gasteiger partial charge in [-0.15, -0.1) is 0 Å². The maximum Gasteiger partial charge on any atom is 0.185 e. The molecule has 0 amide bonds. The van der Waals surface area contributed by atoms with Gasteiger partial charge in [0.25, 0.3) is 0 Å². The van der Waals surface area contributed by atoms with Crippen molar-refractivity contribution in [2.24, 2.45) is 5.92 Å². The lowest BCUT2D eigenvalue weighted by molar-refractivity contribution is -0.113. The third-order valence-electron chi connectivity index (χ3n) is 3.44. The van der Waals surface area contributed by atoms with E-state index in [4.69, 9.17) is 8.83 Å². The quantitative estimate of drug-likeness (QED) is 0.761. The van der Waals surface area contributed by atoms with Crippen molar-refractivity contribution in [2.45, 2.75) is 19.8 Å². The summed E-state index contributed by atoms with van der Waals surface area (Å²) in [5.74, 6) is 1.98. The van der Waals surface area contributed by atoms with E-state index < -0.39 is 0 Å². The van der Waals surface area contributed by atoms with Crippen LogP contribution in [-0.4, -0.2) is 5.78 Å². The van der Waals surface area contributed by atoms with E-state index in [1.54, 1.807) is 12.5 Å². The van der Waals surface area contributed by atoms with Crippen molar-refractivity contribution in [3.63, 3.8) is 0 Å². The highest BCUT2D eigenvalue weighted by molar-refractivity contribution is 6.13. The van der Waals surface area contributed by atoms with Gasteiger partial charge < -0.3 is 8.83 Å². The van der Waals surface area contributed by atoms with Gasteiger partial charge >= 0.3 is 0 Å². The highest BCUT2D eigenvalue weighted by atomic mass is 16.3. The number of hydrogen-bond donors (Lipinski definition) is 0. The van der Waals surface area contributed by atoms with Crippen LogP contribution < -0.4 is 0 Å². The molecule has 3 heteroatoms. The van der Waals surface area contributed by atoms with Gasteiger partial charge in [-0.25, -0.2) is 0 Å². The van der Waals surface area contributed by atoms with Gasteiger partial charge in [-0.3, -0.25) is 4.79 Å². The van der Waals surface area contributed by atoms with Gasteiger partial charge in [0.2, 0.25) is 0 Å². The second kappa shape index (κ2) is 5.37. The zero-order chi connectivity index (χ0) is 13.9. The first-order chi connectivity index (χ1) is 9.72. The maximum atomic E-state index is 12.5. The van der Waals surface area contributed by atoms with Crippen LogP contribution >= 0.6 is 0 Å². The maximum absolute atomic E-state index is 12.5. The van der Waals surface area contributed by atoms with E-state index in [0.29, 0.717) is 5.92 Å². The third kappa shape index (κ3) is 2.67. The van der Waals surface area contributed by atoms with Gasteiger partial charge in [0.05, 0.1) is 12.5 Å². The molecule has 0 saturated heterocycles. The molecule has 0 aromatic carbocycles. The van der Waals surface area contributed by atoms with Crippen molar-refractivity contribution in [3.05, 3.63) is 59.5 Å². The summed E-state index contributed by atoms with van der Waals surface area (Å²) in [4.78, 5) is 12.5. The Bertz CT molecular complexity index is 586. The monoisotopic (exact) mass is 268 g/mol. The number of hydrogen-bond acceptors (Lipinski definition) is 3. The van der Waals surface area contributed by atoms with Gasteiger partial charge in [0.15, 0.2) is 5.78 Å². The van der Waals surface area contributed by atoms with E-state index in [0.717, 1.165) is 35.5 Å². The standard InChI is InChI=1S/C17H16O3/c1-12-8-13(10-15-4-2-6-19-15)17(18)14(9-12)11-16-5-3-7-20-16/h2-7,10-12H,8-9H2,1H3/b13-10+,14-11+. The fraction of sp³-hybridized carbons (Fsp3) is 0.235. The van der Waals surface area contributed by atoms with Gasteiger partial charge in [-0.05, 0) is 55.2 Å². The Labute approximate surface area is 117 Å². The van der Waals surface area contributed by atoms with Crippen LogP contribution in [0.1, 0.15) is 31.3 Å². The van der Waals surface area contributed by atoms with Gasteiger partial charge in [0, 0.05) is 11.1 Å². The summed E-state index contributed by atoms with van der Waals surface area (Å²) in [6.07, 6.45) is 8.48. The second-order valence-corrected chi connectivity index (χ2v) is 5.21. The number of allylic oxidation sites excluding steroid dienone is 2. The van der Waals surface area contributed by atoms with E-state index in [1.165, 1.54) is 0 Å². The minimum absolute atomic E-state index is 0.0934. The van der Waals surface area contributed by atoms with Crippen LogP contribution in [0, 0.1) is 5.92 Å². The Balaban J connectivity index is 1.92. The predicted molar refractivity (Wildman–Crippen MR) is 76.8 cm³/mol. The molecule has 0 radical (unpaired) electrons. The van der Waals surface area contributed by atoms with E-state index in [9.17, 15) is 4.79 Å². The van der Waals surface area contributed by atoms with Gasteiger partial charge in [0.1, 0.15) is 11.5 Å². The normalized spacial score (nSPS) is 23.6. The fourth-order valence-corrected chi connectivity index (χ4v) is 2.55. The van der Waals surface area contributed by atoms with Crippen molar-refractivity contribution >= 4 is 17.9 Å². The first-order valence-corrected chi connectivity index (χ1v) is 6.75. The number of ketones is 1. The lowest BCUT2D eigenvalue weighted by Gasteiger charge is -2.22. The lowest BCUT2D eigenvalue weighted by atomic mass is 9.81. The third-order valence-corrected chi connectivity index (χ3v) is 3.44. The minimum Gasteiger partial charge on any atom is -0.465 e. The summed E-state index contributed by atoms with van der Waals surface area (Å²) >= 11 is 0. The summed E-state index contributed by atoms with van der Waals surface area (Å²) in [5, 5.41) is 0. The molecule has 2 aromatic rings. The highest BCUT2D eigenvalue weighted by Crippen LogP contribution is 2.32. The zero-order valence-electron chi connectivity index (χ0n) is 11.3. The number of furan rings is 2. The fourth-order valence-electron chi connectivity index (χ4n) is 2.55. The van der Waals surface area contributed by atoms with Gasteiger partial charge in [-0.2, -0.15) is 0 Å². The number of Topliss-reactive ketones (excluding diaryl/α,β-unsaturated/α-hetero) is 1. The van der Waals surface area contributed by atoms with E-state index in [1.807, 2.05) is 36.4 Å². The molecule has 2 heterocycles. The molecule has 3 nitrogen and oxygen atoms in total. The van der Waals surface area contributed by atoms with Crippen molar-refractivity contribution in [3.8, 4) is 0 Å². The van der Waals surface area contributed by atoms with Crippen molar-refractivity contribution in [1.29, 1.82) is 0 Å². The molecule has 20 heavy (non-hydrogen) atoms. The Morgan fingerprint density at radius 3 is 1.90 bits per heavy atom. The molecule has 3 rings (SSSR count). The molecule has 1 aliphatic rings. The zero-order valence-corrected chi connectivity index (χ0v) is 11.3. The summed E-state index contributed by atoms with van der Waals surface area (Å²) in [7, 11) is 0. The Morgan fingerprint density at radius 2 is 1.50 bits per heavy atom. The number of rotatable bonds is 2. The van der Waals surface area contributed by atoms with Crippen molar-refractivity contribution in [2.75, 3.05) is 0 Å². The van der Waals surface area contributed by atoms with Crippen LogP contribution in [0.3, 0.4) is 0 Å². The first-order valence-electron chi connectivity index (χ1n) is 6.75. The molecule has 0 spiro atoms. The van der Waals surface area contributed by atoms with Crippen molar-refractivity contribution in [1.82, 2.24) is 0 Å². The van der Waals surface area contributed by atoms with Crippen LogP contribution in [-0.2, 0) is 4.79 Å². The molecule has 0 N–H and O–H groups in total. The Kier molecular flexibility index (Phi) is 3.42. The molecule has 0 bridgehead atoms. The molecule has 1 saturated carbocycles. The van der Waals surface area contributed by atoms with Crippen LogP contribution in [0.5, 0.6) is 0 Å². The average Bonchev–Trinajstić information content (AvgIpc) is 3.08. The summed E-state index contributed by atoms with van der Waals surface area (Å²) in [5.41, 5.74) is 1.60. The molecule has 102 valence electrons. The van der Waals surface area contributed by atoms with Gasteiger partial charge in [-0.1, -0.05) is 6.92 Å². The highest BCUT2D eigenvalue weighted by Gasteiger charge is 2.25. The first kappa shape index (κ1) is 12.7. The predicted octanol–water partition coefficient (Wildman–Crippen LogP) is 4.34.